The van der Waals surface area contributed by atoms with E-state index < -0.39 is 30.8 Å². The van der Waals surface area contributed by atoms with Crippen molar-refractivity contribution in [3.63, 3.8) is 0 Å². The number of hydrogen-bond acceptors (Lipinski definition) is 4. The zero-order valence-electron chi connectivity index (χ0n) is 6.01. The van der Waals surface area contributed by atoms with Crippen LogP contribution in [0.2, 0.25) is 0 Å². The molecule has 5 atom stereocenters. The fraction of sp³-hybridized carbons (Fsp3) is 1.00. The van der Waals surface area contributed by atoms with E-state index in [1.54, 1.807) is 0 Å². The summed E-state index contributed by atoms with van der Waals surface area (Å²) >= 11 is 0. The van der Waals surface area contributed by atoms with Crippen molar-refractivity contribution in [3.8, 4) is 0 Å². The topological polar surface area (TPSA) is 69.9 Å². The van der Waals surface area contributed by atoms with Gasteiger partial charge in [-0.25, -0.2) is 4.39 Å². The van der Waals surface area contributed by atoms with Crippen molar-refractivity contribution in [2.45, 2.75) is 37.7 Å². The van der Waals surface area contributed by atoms with Gasteiger partial charge in [0.2, 0.25) is 0 Å². The zero-order valence-corrected chi connectivity index (χ0v) is 6.01. The van der Waals surface area contributed by atoms with Gasteiger partial charge in [0.15, 0.2) is 12.5 Å². The standard InChI is InChI=1S/C6H11FO4/c1-2-4(8)5(9)3(7)6(10)11-2/h2-6,8-10H,1H3/t2-,3-,4+,5-,6+/m0/s1. The van der Waals surface area contributed by atoms with E-state index in [1.165, 1.54) is 6.92 Å². The smallest absolute Gasteiger partial charge is 0.189 e. The second-order valence-corrected chi connectivity index (χ2v) is 2.66. The fourth-order valence-corrected chi connectivity index (χ4v) is 1.01. The predicted molar refractivity (Wildman–Crippen MR) is 33.5 cm³/mol. The molecule has 11 heavy (non-hydrogen) atoms. The monoisotopic (exact) mass is 166 g/mol. The number of aliphatic hydroxyl groups excluding tert-OH is 3. The lowest BCUT2D eigenvalue weighted by Gasteiger charge is -2.35. The van der Waals surface area contributed by atoms with Crippen molar-refractivity contribution >= 4 is 0 Å². The Hall–Kier alpha value is -0.230. The van der Waals surface area contributed by atoms with Crippen molar-refractivity contribution in [2.24, 2.45) is 0 Å². The molecule has 0 unspecified atom stereocenters. The van der Waals surface area contributed by atoms with Crippen molar-refractivity contribution < 1.29 is 24.4 Å². The summed E-state index contributed by atoms with van der Waals surface area (Å²) in [6, 6.07) is 0. The normalized spacial score (nSPS) is 52.6. The molecular weight excluding hydrogens is 155 g/mol. The molecule has 1 fully saturated rings. The molecule has 0 amide bonds. The summed E-state index contributed by atoms with van der Waals surface area (Å²) in [5, 5.41) is 26.7. The van der Waals surface area contributed by atoms with E-state index in [4.69, 9.17) is 15.3 Å². The molecule has 66 valence electrons. The molecule has 1 saturated heterocycles. The number of ether oxygens (including phenoxy) is 1. The van der Waals surface area contributed by atoms with Gasteiger partial charge in [0, 0.05) is 0 Å². The maximum Gasteiger partial charge on any atom is 0.189 e. The molecule has 3 N–H and O–H groups in total. The lowest BCUT2D eigenvalue weighted by molar-refractivity contribution is -0.261. The average Bonchev–Trinajstić information content (AvgIpc) is 1.97. The maximum atomic E-state index is 12.6. The van der Waals surface area contributed by atoms with Gasteiger partial charge in [0.1, 0.15) is 12.2 Å². The Morgan fingerprint density at radius 1 is 1.18 bits per heavy atom. The van der Waals surface area contributed by atoms with Gasteiger partial charge in [0.05, 0.1) is 6.10 Å². The van der Waals surface area contributed by atoms with Crippen LogP contribution >= 0.6 is 0 Å². The van der Waals surface area contributed by atoms with Crippen LogP contribution in [0.1, 0.15) is 6.92 Å². The van der Waals surface area contributed by atoms with Gasteiger partial charge in [-0.05, 0) is 6.92 Å². The molecule has 0 saturated carbocycles. The van der Waals surface area contributed by atoms with Crippen LogP contribution in [0, 0.1) is 0 Å². The molecule has 0 aromatic rings. The van der Waals surface area contributed by atoms with E-state index in [-0.39, 0.29) is 0 Å². The van der Waals surface area contributed by atoms with Gasteiger partial charge in [-0.2, -0.15) is 0 Å². The fourth-order valence-electron chi connectivity index (χ4n) is 1.01. The number of alkyl halides is 1. The van der Waals surface area contributed by atoms with Crippen LogP contribution in [0.15, 0.2) is 0 Å². The molecule has 5 heteroatoms. The van der Waals surface area contributed by atoms with E-state index in [9.17, 15) is 4.39 Å². The Kier molecular flexibility index (Phi) is 2.43. The van der Waals surface area contributed by atoms with Crippen LogP contribution in [0.5, 0.6) is 0 Å². The second-order valence-electron chi connectivity index (χ2n) is 2.66. The summed E-state index contributed by atoms with van der Waals surface area (Å²) in [5.74, 6) is 0. The first-order chi connectivity index (χ1) is 5.04. The van der Waals surface area contributed by atoms with Gasteiger partial charge < -0.3 is 20.1 Å². The predicted octanol–water partition coefficient (Wildman–Crippen LogP) is -1.22. The highest BCUT2D eigenvalue weighted by Crippen LogP contribution is 2.21. The van der Waals surface area contributed by atoms with E-state index in [2.05, 4.69) is 4.74 Å². The third kappa shape index (κ3) is 1.51. The number of aliphatic hydroxyl groups is 3. The van der Waals surface area contributed by atoms with Gasteiger partial charge in [-0.15, -0.1) is 0 Å². The summed E-state index contributed by atoms with van der Waals surface area (Å²) in [7, 11) is 0. The van der Waals surface area contributed by atoms with E-state index in [0.717, 1.165) is 0 Å². The summed E-state index contributed by atoms with van der Waals surface area (Å²) in [6.45, 7) is 1.45. The molecule has 0 aromatic heterocycles. The van der Waals surface area contributed by atoms with Gasteiger partial charge >= 0.3 is 0 Å². The highest BCUT2D eigenvalue weighted by atomic mass is 19.1. The Morgan fingerprint density at radius 2 is 1.73 bits per heavy atom. The zero-order chi connectivity index (χ0) is 8.59. The minimum absolute atomic E-state index is 0.744. The Bertz CT molecular complexity index is 129. The van der Waals surface area contributed by atoms with Crippen LogP contribution in [0.4, 0.5) is 4.39 Å². The van der Waals surface area contributed by atoms with Crippen molar-refractivity contribution in [1.82, 2.24) is 0 Å². The molecule has 4 nitrogen and oxygen atoms in total. The largest absolute Gasteiger partial charge is 0.388 e. The molecule has 0 aromatic carbocycles. The number of hydrogen-bond donors (Lipinski definition) is 3. The van der Waals surface area contributed by atoms with Crippen LogP contribution in [0.3, 0.4) is 0 Å². The summed E-state index contributed by atoms with van der Waals surface area (Å²) in [5.41, 5.74) is 0. The van der Waals surface area contributed by atoms with Gasteiger partial charge in [0.25, 0.3) is 0 Å². The first-order valence-electron chi connectivity index (χ1n) is 3.37. The maximum absolute atomic E-state index is 12.6. The third-order valence-electron chi connectivity index (χ3n) is 1.78. The van der Waals surface area contributed by atoms with Crippen LogP contribution < -0.4 is 0 Å². The van der Waals surface area contributed by atoms with Crippen molar-refractivity contribution in [3.05, 3.63) is 0 Å². The first-order valence-corrected chi connectivity index (χ1v) is 3.37. The number of rotatable bonds is 0. The minimum atomic E-state index is -1.93. The molecule has 0 aliphatic carbocycles. The molecule has 0 bridgehead atoms. The van der Waals surface area contributed by atoms with Crippen LogP contribution in [-0.2, 0) is 4.74 Å². The minimum Gasteiger partial charge on any atom is -0.388 e. The molecule has 1 aliphatic heterocycles. The van der Waals surface area contributed by atoms with E-state index in [0.29, 0.717) is 0 Å². The Labute approximate surface area is 63.2 Å². The van der Waals surface area contributed by atoms with Crippen LogP contribution in [0.25, 0.3) is 0 Å². The van der Waals surface area contributed by atoms with Crippen molar-refractivity contribution in [2.75, 3.05) is 0 Å². The lowest BCUT2D eigenvalue weighted by atomic mass is 10.0. The molecule has 1 aliphatic rings. The molecule has 1 heterocycles. The lowest BCUT2D eigenvalue weighted by Crippen LogP contribution is -2.54. The van der Waals surface area contributed by atoms with Crippen molar-refractivity contribution in [1.29, 1.82) is 0 Å². The molecule has 0 spiro atoms. The highest BCUT2D eigenvalue weighted by molar-refractivity contribution is 4.86. The SMILES string of the molecule is C[C@@H]1O[C@@H](O)[C@@H](F)[C@H](O)[C@@H]1O. The Balaban J connectivity index is 2.63. The van der Waals surface area contributed by atoms with Gasteiger partial charge in [-0.3, -0.25) is 0 Å². The Morgan fingerprint density at radius 3 is 2.27 bits per heavy atom. The summed E-state index contributed by atoms with van der Waals surface area (Å²) in [6.07, 6.45) is -7.14. The number of halogens is 1. The third-order valence-corrected chi connectivity index (χ3v) is 1.78. The molecular formula is C6H11FO4. The van der Waals surface area contributed by atoms with Gasteiger partial charge in [-0.1, -0.05) is 0 Å². The van der Waals surface area contributed by atoms with Crippen LogP contribution in [-0.4, -0.2) is 46.1 Å². The summed E-state index contributed by atoms with van der Waals surface area (Å²) in [4.78, 5) is 0. The van der Waals surface area contributed by atoms with E-state index in [1.807, 2.05) is 0 Å². The molecule has 1 rings (SSSR count). The second kappa shape index (κ2) is 3.02. The molecule has 0 radical (unpaired) electrons. The first kappa shape index (κ1) is 8.86. The quantitative estimate of drug-likeness (QED) is 0.422. The summed E-state index contributed by atoms with van der Waals surface area (Å²) < 4.78 is 17.2. The average molecular weight is 166 g/mol. The van der Waals surface area contributed by atoms with E-state index >= 15 is 0 Å². The highest BCUT2D eigenvalue weighted by Gasteiger charge is 2.42.